The Bertz CT molecular complexity index is 1030. The zero-order valence-electron chi connectivity index (χ0n) is 13.7. The summed E-state index contributed by atoms with van der Waals surface area (Å²) in [4.78, 5) is 16.1. The lowest BCUT2D eigenvalue weighted by molar-refractivity contribution is -0.113. The maximum Gasteiger partial charge on any atom is 0.236 e. The Hall–Kier alpha value is -2.98. The number of halogens is 1. The van der Waals surface area contributed by atoms with E-state index >= 15 is 0 Å². The molecule has 3 aromatic heterocycles. The maximum atomic E-state index is 13.3. The molecule has 0 saturated carbocycles. The van der Waals surface area contributed by atoms with Gasteiger partial charge in [0, 0.05) is 11.6 Å². The first-order chi connectivity index (χ1) is 13.2. The SMILES string of the molecule is O=C(CSc1nnc(-c2ccco2)n1-c1ccc(F)cc1)Nc1nccs1. The molecule has 1 N–H and O–H groups in total. The summed E-state index contributed by atoms with van der Waals surface area (Å²) in [6, 6.07) is 9.44. The minimum absolute atomic E-state index is 0.122. The number of hydrogen-bond donors (Lipinski definition) is 1. The second-order valence-electron chi connectivity index (χ2n) is 5.27. The molecule has 3 heterocycles. The quantitative estimate of drug-likeness (QED) is 0.494. The molecule has 10 heteroatoms. The lowest BCUT2D eigenvalue weighted by Gasteiger charge is -2.09. The molecule has 0 fully saturated rings. The molecule has 0 saturated heterocycles. The minimum Gasteiger partial charge on any atom is -0.461 e. The topological polar surface area (TPSA) is 85.8 Å². The number of benzene rings is 1. The molecular formula is C17H12FN5O2S2. The summed E-state index contributed by atoms with van der Waals surface area (Å²) < 4.78 is 20.5. The highest BCUT2D eigenvalue weighted by Gasteiger charge is 2.19. The number of nitrogens with one attached hydrogen (secondary N) is 1. The molecule has 0 bridgehead atoms. The van der Waals surface area contributed by atoms with Crippen molar-refractivity contribution >= 4 is 34.1 Å². The molecule has 0 aliphatic heterocycles. The van der Waals surface area contributed by atoms with Gasteiger partial charge in [-0.25, -0.2) is 9.37 Å². The van der Waals surface area contributed by atoms with Gasteiger partial charge in [0.15, 0.2) is 16.0 Å². The van der Waals surface area contributed by atoms with Gasteiger partial charge in [-0.2, -0.15) is 0 Å². The average molecular weight is 401 g/mol. The molecule has 4 rings (SSSR count). The first-order valence-electron chi connectivity index (χ1n) is 7.78. The number of aromatic nitrogens is 4. The Balaban J connectivity index is 1.60. The largest absolute Gasteiger partial charge is 0.461 e. The van der Waals surface area contributed by atoms with E-state index in [4.69, 9.17) is 4.42 Å². The van der Waals surface area contributed by atoms with Crippen LogP contribution in [0.3, 0.4) is 0 Å². The van der Waals surface area contributed by atoms with E-state index in [2.05, 4.69) is 20.5 Å². The van der Waals surface area contributed by atoms with Gasteiger partial charge in [-0.3, -0.25) is 9.36 Å². The van der Waals surface area contributed by atoms with E-state index in [1.807, 2.05) is 0 Å². The van der Waals surface area contributed by atoms with Crippen molar-refractivity contribution < 1.29 is 13.6 Å². The Morgan fingerprint density at radius 2 is 2.11 bits per heavy atom. The van der Waals surface area contributed by atoms with Crippen LogP contribution in [0.15, 0.2) is 63.8 Å². The van der Waals surface area contributed by atoms with Crippen molar-refractivity contribution in [1.82, 2.24) is 19.7 Å². The van der Waals surface area contributed by atoms with Gasteiger partial charge in [0.1, 0.15) is 5.82 Å². The van der Waals surface area contributed by atoms with E-state index in [9.17, 15) is 9.18 Å². The van der Waals surface area contributed by atoms with E-state index < -0.39 is 0 Å². The number of thiazole rings is 1. The van der Waals surface area contributed by atoms with Gasteiger partial charge < -0.3 is 9.73 Å². The summed E-state index contributed by atoms with van der Waals surface area (Å²) in [6.07, 6.45) is 3.15. The smallest absolute Gasteiger partial charge is 0.236 e. The Labute approximate surface area is 161 Å². The second kappa shape index (κ2) is 7.72. The van der Waals surface area contributed by atoms with Crippen LogP contribution >= 0.6 is 23.1 Å². The van der Waals surface area contributed by atoms with E-state index in [0.717, 1.165) is 0 Å². The number of rotatable bonds is 6. The molecule has 0 aliphatic rings. The number of anilines is 1. The Kier molecular flexibility index (Phi) is 4.99. The fourth-order valence-corrected chi connectivity index (χ4v) is 3.62. The second-order valence-corrected chi connectivity index (χ2v) is 7.11. The molecule has 0 radical (unpaired) electrons. The zero-order valence-corrected chi connectivity index (χ0v) is 15.3. The molecule has 4 aromatic rings. The predicted molar refractivity (Wildman–Crippen MR) is 100 cm³/mol. The third-order valence-corrected chi connectivity index (χ3v) is 5.09. The van der Waals surface area contributed by atoms with Crippen LogP contribution in [0.4, 0.5) is 9.52 Å². The van der Waals surface area contributed by atoms with Gasteiger partial charge in [0.05, 0.1) is 17.7 Å². The van der Waals surface area contributed by atoms with Gasteiger partial charge in [-0.15, -0.1) is 21.5 Å². The summed E-state index contributed by atoms with van der Waals surface area (Å²) in [6.45, 7) is 0. The monoisotopic (exact) mass is 401 g/mol. The normalized spacial score (nSPS) is 10.9. The van der Waals surface area contributed by atoms with Gasteiger partial charge in [-0.1, -0.05) is 11.8 Å². The maximum absolute atomic E-state index is 13.3. The Morgan fingerprint density at radius 1 is 1.26 bits per heavy atom. The van der Waals surface area contributed by atoms with Crippen LogP contribution in [-0.2, 0) is 4.79 Å². The fraction of sp³-hybridized carbons (Fsp3) is 0.0588. The number of nitrogens with zero attached hydrogens (tertiary/aromatic N) is 4. The van der Waals surface area contributed by atoms with E-state index in [1.54, 1.807) is 40.4 Å². The molecule has 0 aliphatic carbocycles. The molecule has 27 heavy (non-hydrogen) atoms. The summed E-state index contributed by atoms with van der Waals surface area (Å²) in [7, 11) is 0. The minimum atomic E-state index is -0.344. The van der Waals surface area contributed by atoms with Crippen LogP contribution < -0.4 is 5.32 Å². The Morgan fingerprint density at radius 3 is 2.81 bits per heavy atom. The number of carbonyl (C=O) groups excluding carboxylic acids is 1. The molecule has 136 valence electrons. The summed E-state index contributed by atoms with van der Waals surface area (Å²) >= 11 is 2.56. The van der Waals surface area contributed by atoms with E-state index in [0.29, 0.717) is 27.6 Å². The van der Waals surface area contributed by atoms with Crippen molar-refractivity contribution in [2.75, 3.05) is 11.1 Å². The van der Waals surface area contributed by atoms with Crippen molar-refractivity contribution in [1.29, 1.82) is 0 Å². The van der Waals surface area contributed by atoms with Crippen LogP contribution in [0.25, 0.3) is 17.3 Å². The molecule has 0 unspecified atom stereocenters. The lowest BCUT2D eigenvalue weighted by atomic mass is 10.3. The van der Waals surface area contributed by atoms with Crippen LogP contribution in [0, 0.1) is 5.82 Å². The van der Waals surface area contributed by atoms with E-state index in [-0.39, 0.29) is 17.5 Å². The highest BCUT2D eigenvalue weighted by molar-refractivity contribution is 7.99. The average Bonchev–Trinajstić information content (AvgIpc) is 3.42. The molecule has 7 nitrogen and oxygen atoms in total. The van der Waals surface area contributed by atoms with Crippen LogP contribution in [0.1, 0.15) is 0 Å². The van der Waals surface area contributed by atoms with Crippen molar-refractivity contribution in [3.8, 4) is 17.3 Å². The van der Waals surface area contributed by atoms with Crippen LogP contribution in [0.2, 0.25) is 0 Å². The van der Waals surface area contributed by atoms with Crippen molar-refractivity contribution in [3.05, 3.63) is 60.1 Å². The number of thioether (sulfide) groups is 1. The molecule has 0 spiro atoms. The predicted octanol–water partition coefficient (Wildman–Crippen LogP) is 3.85. The zero-order chi connectivity index (χ0) is 18.6. The molecular weight excluding hydrogens is 389 g/mol. The fourth-order valence-electron chi connectivity index (χ4n) is 2.32. The van der Waals surface area contributed by atoms with Crippen LogP contribution in [0.5, 0.6) is 0 Å². The molecule has 0 atom stereocenters. The standard InChI is InChI=1S/C17H12FN5O2S2/c18-11-3-5-12(6-4-11)23-15(13-2-1-8-25-13)21-22-17(23)27-10-14(24)20-16-19-7-9-26-16/h1-9H,10H2,(H,19,20,24). The van der Waals surface area contributed by atoms with Gasteiger partial charge >= 0.3 is 0 Å². The summed E-state index contributed by atoms with van der Waals surface area (Å²) in [5, 5.41) is 13.9. The highest BCUT2D eigenvalue weighted by atomic mass is 32.2. The first kappa shape index (κ1) is 17.4. The third kappa shape index (κ3) is 3.91. The summed E-state index contributed by atoms with van der Waals surface area (Å²) in [5.41, 5.74) is 0.663. The van der Waals surface area contributed by atoms with Crippen molar-refractivity contribution in [2.45, 2.75) is 5.16 Å². The van der Waals surface area contributed by atoms with Crippen molar-refractivity contribution in [2.24, 2.45) is 0 Å². The van der Waals surface area contributed by atoms with Crippen LogP contribution in [-0.4, -0.2) is 31.4 Å². The number of hydrogen-bond acceptors (Lipinski definition) is 7. The van der Waals surface area contributed by atoms with Gasteiger partial charge in [0.2, 0.25) is 11.7 Å². The lowest BCUT2D eigenvalue weighted by Crippen LogP contribution is -2.14. The van der Waals surface area contributed by atoms with Crippen molar-refractivity contribution in [3.63, 3.8) is 0 Å². The molecule has 1 amide bonds. The first-order valence-corrected chi connectivity index (χ1v) is 9.64. The van der Waals surface area contributed by atoms with Gasteiger partial charge in [-0.05, 0) is 36.4 Å². The number of amides is 1. The van der Waals surface area contributed by atoms with E-state index in [1.165, 1.54) is 41.5 Å². The van der Waals surface area contributed by atoms with Gasteiger partial charge in [0.25, 0.3) is 0 Å². The molecule has 1 aromatic carbocycles. The number of carbonyl (C=O) groups is 1. The number of furan rings is 1. The third-order valence-electron chi connectivity index (χ3n) is 3.47. The highest BCUT2D eigenvalue weighted by Crippen LogP contribution is 2.28. The summed E-state index contributed by atoms with van der Waals surface area (Å²) in [5.74, 6) is 0.559.